The van der Waals surface area contributed by atoms with E-state index in [1.807, 2.05) is 25.1 Å². The summed E-state index contributed by atoms with van der Waals surface area (Å²) < 4.78 is 10.6. The molecule has 0 fully saturated rings. The molecule has 0 spiro atoms. The Bertz CT molecular complexity index is 479. The Hall–Kier alpha value is -1.88. The third-order valence-corrected chi connectivity index (χ3v) is 2.41. The first-order valence-electron chi connectivity index (χ1n) is 5.98. The summed E-state index contributed by atoms with van der Waals surface area (Å²) in [5.74, 6) is 1.44. The Labute approximate surface area is 106 Å². The Morgan fingerprint density at radius 3 is 2.89 bits per heavy atom. The van der Waals surface area contributed by atoms with Crippen molar-refractivity contribution >= 4 is 0 Å². The average molecular weight is 247 g/mol. The topological polar surface area (TPSA) is 60.2 Å². The summed E-state index contributed by atoms with van der Waals surface area (Å²) in [4.78, 5) is 4.30. The molecule has 0 atom stereocenters. The van der Waals surface area contributed by atoms with Crippen LogP contribution in [0.15, 0.2) is 28.9 Å². The van der Waals surface area contributed by atoms with E-state index in [-0.39, 0.29) is 0 Å². The first-order valence-corrected chi connectivity index (χ1v) is 5.98. The minimum absolute atomic E-state index is 0.370. The molecule has 0 bridgehead atoms. The normalized spacial score (nSPS) is 10.6. The van der Waals surface area contributed by atoms with E-state index in [1.54, 1.807) is 6.20 Å². The van der Waals surface area contributed by atoms with Gasteiger partial charge in [-0.15, -0.1) is 0 Å². The number of ether oxygens (including phenoxy) is 1. The molecule has 0 saturated carbocycles. The Balaban J connectivity index is 1.86. The second-order valence-corrected chi connectivity index (χ2v) is 3.99. The fourth-order valence-electron chi connectivity index (χ4n) is 1.49. The van der Waals surface area contributed by atoms with Gasteiger partial charge in [-0.3, -0.25) is 4.98 Å². The van der Waals surface area contributed by atoms with Gasteiger partial charge in [0.05, 0.1) is 17.6 Å². The number of nitrogens with one attached hydrogen (secondary N) is 1. The summed E-state index contributed by atoms with van der Waals surface area (Å²) in [6.45, 7) is 6.03. The molecular weight excluding hydrogens is 230 g/mol. The molecule has 0 unspecified atom stereocenters. The molecule has 0 radical (unpaired) electrons. The number of hydrogen-bond donors (Lipinski definition) is 1. The van der Waals surface area contributed by atoms with Crippen LogP contribution in [0, 0.1) is 6.92 Å². The molecule has 2 heterocycles. The zero-order valence-electron chi connectivity index (χ0n) is 10.6. The molecule has 0 aromatic carbocycles. The van der Waals surface area contributed by atoms with Gasteiger partial charge in [-0.05, 0) is 25.6 Å². The SMILES string of the molecule is CCNCc1ccc(OCc2cc(C)no2)cn1. The van der Waals surface area contributed by atoms with E-state index in [4.69, 9.17) is 9.26 Å². The van der Waals surface area contributed by atoms with Gasteiger partial charge in [-0.1, -0.05) is 12.1 Å². The van der Waals surface area contributed by atoms with Crippen molar-refractivity contribution in [2.75, 3.05) is 6.54 Å². The quantitative estimate of drug-likeness (QED) is 0.846. The molecule has 1 N–H and O–H groups in total. The van der Waals surface area contributed by atoms with Crippen molar-refractivity contribution in [3.63, 3.8) is 0 Å². The summed E-state index contributed by atoms with van der Waals surface area (Å²) in [5.41, 5.74) is 1.85. The largest absolute Gasteiger partial charge is 0.484 e. The highest BCUT2D eigenvalue weighted by atomic mass is 16.5. The molecule has 2 rings (SSSR count). The number of aromatic nitrogens is 2. The van der Waals surface area contributed by atoms with Crippen molar-refractivity contribution in [1.29, 1.82) is 0 Å². The van der Waals surface area contributed by atoms with E-state index in [0.717, 1.165) is 30.2 Å². The summed E-state index contributed by atoms with van der Waals surface area (Å²) in [6.07, 6.45) is 1.72. The maximum Gasteiger partial charge on any atom is 0.174 e. The van der Waals surface area contributed by atoms with E-state index in [0.29, 0.717) is 12.4 Å². The van der Waals surface area contributed by atoms with Gasteiger partial charge in [0.15, 0.2) is 5.76 Å². The van der Waals surface area contributed by atoms with Gasteiger partial charge in [-0.2, -0.15) is 0 Å². The monoisotopic (exact) mass is 247 g/mol. The second kappa shape index (κ2) is 6.16. The zero-order chi connectivity index (χ0) is 12.8. The molecule has 18 heavy (non-hydrogen) atoms. The fourth-order valence-corrected chi connectivity index (χ4v) is 1.49. The van der Waals surface area contributed by atoms with Gasteiger partial charge >= 0.3 is 0 Å². The predicted molar refractivity (Wildman–Crippen MR) is 67.2 cm³/mol. The summed E-state index contributed by atoms with van der Waals surface area (Å²) in [5, 5.41) is 7.02. The third-order valence-electron chi connectivity index (χ3n) is 2.41. The zero-order valence-corrected chi connectivity index (χ0v) is 10.6. The van der Waals surface area contributed by atoms with Gasteiger partial charge in [0.2, 0.25) is 0 Å². The molecule has 2 aromatic heterocycles. The summed E-state index contributed by atoms with van der Waals surface area (Å²) in [7, 11) is 0. The van der Waals surface area contributed by atoms with Crippen LogP contribution in [-0.2, 0) is 13.2 Å². The Morgan fingerprint density at radius 1 is 1.39 bits per heavy atom. The maximum absolute atomic E-state index is 5.55. The molecule has 2 aromatic rings. The van der Waals surface area contributed by atoms with Gasteiger partial charge < -0.3 is 14.6 Å². The van der Waals surface area contributed by atoms with E-state index in [2.05, 4.69) is 22.4 Å². The van der Waals surface area contributed by atoms with E-state index < -0.39 is 0 Å². The van der Waals surface area contributed by atoms with E-state index in [9.17, 15) is 0 Å². The van der Waals surface area contributed by atoms with Crippen LogP contribution in [0.3, 0.4) is 0 Å². The highest BCUT2D eigenvalue weighted by molar-refractivity contribution is 5.20. The molecule has 0 aliphatic carbocycles. The van der Waals surface area contributed by atoms with Crippen molar-refractivity contribution in [3.05, 3.63) is 41.5 Å². The fraction of sp³-hybridized carbons (Fsp3) is 0.385. The molecule has 0 amide bonds. The summed E-state index contributed by atoms with van der Waals surface area (Å²) in [6, 6.07) is 5.71. The molecule has 96 valence electrons. The third kappa shape index (κ3) is 3.56. The number of nitrogens with zero attached hydrogens (tertiary/aromatic N) is 2. The highest BCUT2D eigenvalue weighted by Gasteiger charge is 2.02. The number of pyridine rings is 1. The average Bonchev–Trinajstić information content (AvgIpc) is 2.81. The van der Waals surface area contributed by atoms with Crippen LogP contribution in [-0.4, -0.2) is 16.7 Å². The van der Waals surface area contributed by atoms with Crippen LogP contribution in [0.2, 0.25) is 0 Å². The first kappa shape index (κ1) is 12.6. The Morgan fingerprint density at radius 2 is 2.28 bits per heavy atom. The Kier molecular flexibility index (Phi) is 4.30. The van der Waals surface area contributed by atoms with Gasteiger partial charge in [-0.25, -0.2) is 0 Å². The molecular formula is C13H17N3O2. The van der Waals surface area contributed by atoms with Crippen LogP contribution in [0.4, 0.5) is 0 Å². The molecule has 5 nitrogen and oxygen atoms in total. The van der Waals surface area contributed by atoms with Gasteiger partial charge in [0.25, 0.3) is 0 Å². The molecule has 5 heteroatoms. The minimum Gasteiger partial charge on any atom is -0.484 e. The first-order chi connectivity index (χ1) is 8.78. The highest BCUT2D eigenvalue weighted by Crippen LogP contribution is 2.12. The lowest BCUT2D eigenvalue weighted by molar-refractivity contribution is 0.248. The number of aryl methyl sites for hydroxylation is 1. The van der Waals surface area contributed by atoms with Crippen LogP contribution in [0.5, 0.6) is 5.75 Å². The van der Waals surface area contributed by atoms with Crippen molar-refractivity contribution in [1.82, 2.24) is 15.5 Å². The molecule has 0 aliphatic heterocycles. The lowest BCUT2D eigenvalue weighted by atomic mass is 10.3. The number of rotatable bonds is 6. The van der Waals surface area contributed by atoms with Crippen molar-refractivity contribution in [2.45, 2.75) is 27.0 Å². The van der Waals surface area contributed by atoms with Crippen molar-refractivity contribution in [3.8, 4) is 5.75 Å². The number of hydrogen-bond acceptors (Lipinski definition) is 5. The van der Waals surface area contributed by atoms with Crippen molar-refractivity contribution in [2.24, 2.45) is 0 Å². The smallest absolute Gasteiger partial charge is 0.174 e. The lowest BCUT2D eigenvalue weighted by Gasteiger charge is -2.05. The van der Waals surface area contributed by atoms with Crippen molar-refractivity contribution < 1.29 is 9.26 Å². The predicted octanol–water partition coefficient (Wildman–Crippen LogP) is 2.07. The lowest BCUT2D eigenvalue weighted by Crippen LogP contribution is -2.12. The van der Waals surface area contributed by atoms with Crippen LogP contribution < -0.4 is 10.1 Å². The van der Waals surface area contributed by atoms with Gasteiger partial charge in [0, 0.05) is 12.6 Å². The standard InChI is InChI=1S/C13H17N3O2/c1-3-14-7-11-4-5-12(8-15-11)17-9-13-6-10(2)16-18-13/h4-6,8,14H,3,7,9H2,1-2H3. The molecule has 0 saturated heterocycles. The van der Waals surface area contributed by atoms with E-state index in [1.165, 1.54) is 0 Å². The van der Waals surface area contributed by atoms with E-state index >= 15 is 0 Å². The minimum atomic E-state index is 0.370. The van der Waals surface area contributed by atoms with Gasteiger partial charge in [0.1, 0.15) is 12.4 Å². The maximum atomic E-state index is 5.55. The van der Waals surface area contributed by atoms with Crippen LogP contribution in [0.25, 0.3) is 0 Å². The molecule has 0 aliphatic rings. The second-order valence-electron chi connectivity index (χ2n) is 3.99. The summed E-state index contributed by atoms with van der Waals surface area (Å²) >= 11 is 0. The van der Waals surface area contributed by atoms with Crippen LogP contribution >= 0.6 is 0 Å². The van der Waals surface area contributed by atoms with Crippen LogP contribution in [0.1, 0.15) is 24.1 Å².